The number of rotatable bonds is 8. The maximum Gasteiger partial charge on any atom is 0.356 e. The topological polar surface area (TPSA) is 144 Å². The van der Waals surface area contributed by atoms with Crippen molar-refractivity contribution in [1.29, 1.82) is 0 Å². The average Bonchev–Trinajstić information content (AvgIpc) is 3.39. The van der Waals surface area contributed by atoms with E-state index in [4.69, 9.17) is 9.52 Å². The standard InChI is InChI=1S/C17H18N6O5/c1-22-10-13(15(21-22)16(25)18-9-11-3-2-8-28-11)19-14(24)5-7-23-6-4-12(20-23)17(26)27/h2-4,6,8,10H,5,7,9H2,1H3,(H,18,25)(H,19,24)(H,26,27). The van der Waals surface area contributed by atoms with Gasteiger partial charge in [-0.1, -0.05) is 0 Å². The lowest BCUT2D eigenvalue weighted by molar-refractivity contribution is -0.116. The number of aromatic carboxylic acids is 1. The molecule has 0 bridgehead atoms. The minimum atomic E-state index is -1.14. The second kappa shape index (κ2) is 8.20. The van der Waals surface area contributed by atoms with Crippen LogP contribution in [-0.4, -0.2) is 42.5 Å². The fraction of sp³-hybridized carbons (Fsp3) is 0.235. The van der Waals surface area contributed by atoms with Crippen LogP contribution in [0.3, 0.4) is 0 Å². The molecule has 0 aliphatic rings. The molecule has 146 valence electrons. The highest BCUT2D eigenvalue weighted by atomic mass is 16.4. The lowest BCUT2D eigenvalue weighted by Crippen LogP contribution is -2.25. The van der Waals surface area contributed by atoms with Crippen molar-refractivity contribution in [3.05, 3.63) is 54.0 Å². The first-order valence-corrected chi connectivity index (χ1v) is 8.33. The number of anilines is 1. The van der Waals surface area contributed by atoms with Gasteiger partial charge in [-0.05, 0) is 18.2 Å². The predicted octanol–water partition coefficient (Wildman–Crippen LogP) is 0.867. The van der Waals surface area contributed by atoms with E-state index in [1.54, 1.807) is 19.2 Å². The summed E-state index contributed by atoms with van der Waals surface area (Å²) in [5.41, 5.74) is 0.258. The lowest BCUT2D eigenvalue weighted by atomic mass is 10.3. The third kappa shape index (κ3) is 4.63. The monoisotopic (exact) mass is 386 g/mol. The largest absolute Gasteiger partial charge is 0.476 e. The van der Waals surface area contributed by atoms with Crippen molar-refractivity contribution in [2.75, 3.05) is 5.32 Å². The number of aryl methyl sites for hydroxylation is 2. The molecule has 0 unspecified atom stereocenters. The van der Waals surface area contributed by atoms with Crippen LogP contribution in [0.15, 0.2) is 41.3 Å². The molecule has 0 aromatic carbocycles. The quantitative estimate of drug-likeness (QED) is 0.521. The van der Waals surface area contributed by atoms with Gasteiger partial charge in [-0.3, -0.25) is 19.0 Å². The molecule has 2 amide bonds. The highest BCUT2D eigenvalue weighted by Crippen LogP contribution is 2.14. The third-order valence-corrected chi connectivity index (χ3v) is 3.75. The van der Waals surface area contributed by atoms with E-state index in [0.29, 0.717) is 5.76 Å². The van der Waals surface area contributed by atoms with E-state index in [2.05, 4.69) is 20.8 Å². The van der Waals surface area contributed by atoms with Crippen LogP contribution in [0.1, 0.15) is 33.2 Å². The zero-order valence-electron chi connectivity index (χ0n) is 15.0. The number of aromatic nitrogens is 4. The van der Waals surface area contributed by atoms with Gasteiger partial charge in [-0.25, -0.2) is 4.79 Å². The Morgan fingerprint density at radius 3 is 2.75 bits per heavy atom. The summed E-state index contributed by atoms with van der Waals surface area (Å²) in [4.78, 5) is 35.4. The Kier molecular flexibility index (Phi) is 5.53. The van der Waals surface area contributed by atoms with Gasteiger partial charge in [0.2, 0.25) is 5.91 Å². The second-order valence-electron chi connectivity index (χ2n) is 5.89. The molecule has 0 fully saturated rings. The van der Waals surface area contributed by atoms with Gasteiger partial charge in [0, 0.05) is 32.4 Å². The molecule has 0 atom stereocenters. The maximum absolute atomic E-state index is 12.4. The molecule has 3 aromatic rings. The Balaban J connectivity index is 1.57. The van der Waals surface area contributed by atoms with E-state index >= 15 is 0 Å². The number of hydrogen-bond donors (Lipinski definition) is 3. The molecule has 0 aliphatic heterocycles. The highest BCUT2D eigenvalue weighted by molar-refractivity contribution is 6.02. The Hall–Kier alpha value is -3.89. The molecular formula is C17H18N6O5. The van der Waals surface area contributed by atoms with Gasteiger partial charge in [0.25, 0.3) is 5.91 Å². The number of amides is 2. The van der Waals surface area contributed by atoms with Crippen molar-refractivity contribution in [3.63, 3.8) is 0 Å². The minimum Gasteiger partial charge on any atom is -0.476 e. The summed E-state index contributed by atoms with van der Waals surface area (Å²) in [6.45, 7) is 0.389. The first kappa shape index (κ1) is 18.9. The summed E-state index contributed by atoms with van der Waals surface area (Å²) in [7, 11) is 1.64. The first-order valence-electron chi connectivity index (χ1n) is 8.33. The molecule has 3 N–H and O–H groups in total. The lowest BCUT2D eigenvalue weighted by Gasteiger charge is -2.06. The van der Waals surface area contributed by atoms with Crippen molar-refractivity contribution in [2.24, 2.45) is 7.05 Å². The second-order valence-corrected chi connectivity index (χ2v) is 5.89. The third-order valence-electron chi connectivity index (χ3n) is 3.75. The smallest absolute Gasteiger partial charge is 0.356 e. The van der Waals surface area contributed by atoms with Crippen molar-refractivity contribution in [3.8, 4) is 0 Å². The van der Waals surface area contributed by atoms with Crippen molar-refractivity contribution < 1.29 is 23.9 Å². The van der Waals surface area contributed by atoms with E-state index < -0.39 is 11.9 Å². The number of carboxylic acids is 1. The number of carboxylic acid groups (broad SMARTS) is 1. The molecule has 0 radical (unpaired) electrons. The van der Waals surface area contributed by atoms with E-state index in [-0.39, 0.29) is 42.5 Å². The fourth-order valence-corrected chi connectivity index (χ4v) is 2.44. The van der Waals surface area contributed by atoms with Crippen molar-refractivity contribution in [1.82, 2.24) is 24.9 Å². The van der Waals surface area contributed by atoms with E-state index in [9.17, 15) is 14.4 Å². The van der Waals surface area contributed by atoms with Crippen LogP contribution in [-0.2, 0) is 24.9 Å². The number of furan rings is 1. The Bertz CT molecular complexity index is 988. The van der Waals surface area contributed by atoms with Crippen LogP contribution in [0.5, 0.6) is 0 Å². The Labute approximate surface area is 158 Å². The molecule has 0 saturated carbocycles. The first-order chi connectivity index (χ1) is 13.4. The zero-order chi connectivity index (χ0) is 20.1. The number of carbonyl (C=O) groups is 3. The van der Waals surface area contributed by atoms with Crippen LogP contribution in [0.4, 0.5) is 5.69 Å². The molecule has 3 heterocycles. The van der Waals surface area contributed by atoms with Crippen LogP contribution >= 0.6 is 0 Å². The summed E-state index contributed by atoms with van der Waals surface area (Å²) in [6, 6.07) is 4.79. The number of nitrogens with one attached hydrogen (secondary N) is 2. The summed E-state index contributed by atoms with van der Waals surface area (Å²) >= 11 is 0. The molecule has 28 heavy (non-hydrogen) atoms. The Morgan fingerprint density at radius 2 is 2.07 bits per heavy atom. The number of nitrogens with zero attached hydrogens (tertiary/aromatic N) is 4. The molecule has 0 spiro atoms. The molecule has 0 saturated heterocycles. The highest BCUT2D eigenvalue weighted by Gasteiger charge is 2.18. The van der Waals surface area contributed by atoms with Gasteiger partial charge in [0.15, 0.2) is 11.4 Å². The van der Waals surface area contributed by atoms with E-state index in [1.165, 1.54) is 34.1 Å². The van der Waals surface area contributed by atoms with Crippen molar-refractivity contribution >= 4 is 23.5 Å². The minimum absolute atomic E-state index is 0.0447. The molecule has 0 aliphatic carbocycles. The van der Waals surface area contributed by atoms with Crippen LogP contribution < -0.4 is 10.6 Å². The maximum atomic E-state index is 12.4. The zero-order valence-corrected chi connectivity index (χ0v) is 15.0. The van der Waals surface area contributed by atoms with Gasteiger partial charge >= 0.3 is 5.97 Å². The van der Waals surface area contributed by atoms with Gasteiger partial charge in [-0.2, -0.15) is 10.2 Å². The molecule has 3 aromatic heterocycles. The SMILES string of the molecule is Cn1cc(NC(=O)CCn2ccc(C(=O)O)n2)c(C(=O)NCc2ccco2)n1. The molecule has 11 nitrogen and oxygen atoms in total. The normalized spacial score (nSPS) is 10.6. The van der Waals surface area contributed by atoms with Gasteiger partial charge in [0.1, 0.15) is 5.76 Å². The molecule has 11 heteroatoms. The van der Waals surface area contributed by atoms with Crippen LogP contribution in [0.25, 0.3) is 0 Å². The summed E-state index contributed by atoms with van der Waals surface area (Å²) in [6.07, 6.45) is 4.56. The van der Waals surface area contributed by atoms with Gasteiger partial charge in [0.05, 0.1) is 18.5 Å². The Morgan fingerprint density at radius 1 is 1.25 bits per heavy atom. The van der Waals surface area contributed by atoms with Gasteiger partial charge < -0.3 is 20.2 Å². The average molecular weight is 386 g/mol. The van der Waals surface area contributed by atoms with Crippen molar-refractivity contribution in [2.45, 2.75) is 19.5 Å². The van der Waals surface area contributed by atoms with Crippen LogP contribution in [0.2, 0.25) is 0 Å². The predicted molar refractivity (Wildman–Crippen MR) is 95.5 cm³/mol. The van der Waals surface area contributed by atoms with Crippen LogP contribution in [0, 0.1) is 0 Å². The summed E-state index contributed by atoms with van der Waals surface area (Å²) in [5.74, 6) is -1.36. The van der Waals surface area contributed by atoms with E-state index in [1.807, 2.05) is 0 Å². The molecular weight excluding hydrogens is 368 g/mol. The van der Waals surface area contributed by atoms with E-state index in [0.717, 1.165) is 0 Å². The summed E-state index contributed by atoms with van der Waals surface area (Å²) in [5, 5.41) is 22.1. The number of hydrogen-bond acceptors (Lipinski definition) is 6. The fourth-order valence-electron chi connectivity index (χ4n) is 2.44. The summed E-state index contributed by atoms with van der Waals surface area (Å²) < 4.78 is 7.94. The van der Waals surface area contributed by atoms with Gasteiger partial charge in [-0.15, -0.1) is 0 Å². The molecule has 3 rings (SSSR count). The number of carbonyl (C=O) groups excluding carboxylic acids is 2.